The highest BCUT2D eigenvalue weighted by Crippen LogP contribution is 2.14. The molecule has 0 aliphatic heterocycles. The molecule has 2 rings (SSSR count). The lowest BCUT2D eigenvalue weighted by Crippen LogP contribution is -2.15. The molecule has 17 heavy (non-hydrogen) atoms. The van der Waals surface area contributed by atoms with Crippen molar-refractivity contribution in [3.63, 3.8) is 0 Å². The zero-order valence-electron chi connectivity index (χ0n) is 9.95. The highest BCUT2D eigenvalue weighted by molar-refractivity contribution is 7.89. The van der Waals surface area contributed by atoms with E-state index in [1.54, 1.807) is 24.6 Å². The van der Waals surface area contributed by atoms with Gasteiger partial charge in [-0.2, -0.15) is 22.7 Å². The molecule has 0 spiro atoms. The second-order valence-corrected chi connectivity index (χ2v) is 5.57. The Morgan fingerprint density at radius 3 is 2.53 bits per heavy atom. The molecular weight excluding hydrogens is 240 g/mol. The van der Waals surface area contributed by atoms with Crippen molar-refractivity contribution in [3.8, 4) is 0 Å². The molecule has 2 heterocycles. The highest BCUT2D eigenvalue weighted by Gasteiger charge is 2.21. The van der Waals surface area contributed by atoms with Crippen LogP contribution in [0.4, 0.5) is 0 Å². The van der Waals surface area contributed by atoms with Crippen molar-refractivity contribution in [1.82, 2.24) is 19.0 Å². The van der Waals surface area contributed by atoms with Crippen molar-refractivity contribution < 1.29 is 8.42 Å². The number of aryl methyl sites for hydroxylation is 3. The van der Waals surface area contributed by atoms with Gasteiger partial charge >= 0.3 is 0 Å². The van der Waals surface area contributed by atoms with Gasteiger partial charge in [-0.15, -0.1) is 0 Å². The summed E-state index contributed by atoms with van der Waals surface area (Å²) in [5, 5.41) is 7.94. The number of nitrogens with zero attached hydrogens (tertiary/aromatic N) is 4. The summed E-state index contributed by atoms with van der Waals surface area (Å²) in [5.41, 5.74) is 1.26. The molecule has 0 N–H and O–H groups in total. The van der Waals surface area contributed by atoms with Crippen LogP contribution in [-0.2, 0) is 16.6 Å². The van der Waals surface area contributed by atoms with Crippen molar-refractivity contribution in [1.29, 1.82) is 0 Å². The van der Waals surface area contributed by atoms with Gasteiger partial charge in [-0.1, -0.05) is 0 Å². The van der Waals surface area contributed by atoms with E-state index in [4.69, 9.17) is 0 Å². The van der Waals surface area contributed by atoms with Gasteiger partial charge in [0.05, 0.1) is 17.6 Å². The van der Waals surface area contributed by atoms with E-state index in [-0.39, 0.29) is 4.90 Å². The smallest absolute Gasteiger partial charge is 0.272 e. The molecule has 0 aromatic carbocycles. The number of hydrogen-bond acceptors (Lipinski definition) is 4. The van der Waals surface area contributed by atoms with Gasteiger partial charge in [0.1, 0.15) is 4.90 Å². The van der Waals surface area contributed by atoms with Crippen LogP contribution in [0.1, 0.15) is 18.3 Å². The molecule has 2 aromatic rings. The van der Waals surface area contributed by atoms with E-state index in [1.807, 2.05) is 6.92 Å². The van der Waals surface area contributed by atoms with E-state index in [1.165, 1.54) is 12.4 Å². The maximum atomic E-state index is 12.2. The van der Waals surface area contributed by atoms with E-state index in [9.17, 15) is 8.42 Å². The molecule has 7 heteroatoms. The summed E-state index contributed by atoms with van der Waals surface area (Å²) in [6.07, 6.45) is 2.85. The molecule has 0 amide bonds. The fourth-order valence-corrected chi connectivity index (χ4v) is 2.91. The summed E-state index contributed by atoms with van der Waals surface area (Å²) in [6, 6.07) is 1.72. The zero-order chi connectivity index (χ0) is 12.6. The number of rotatable bonds is 3. The topological polar surface area (TPSA) is 69.8 Å². The van der Waals surface area contributed by atoms with Gasteiger partial charge in [0, 0.05) is 12.7 Å². The summed E-state index contributed by atoms with van der Waals surface area (Å²) < 4.78 is 27.1. The van der Waals surface area contributed by atoms with Gasteiger partial charge in [0.25, 0.3) is 10.0 Å². The van der Waals surface area contributed by atoms with Crippen molar-refractivity contribution in [2.45, 2.75) is 32.2 Å². The summed E-state index contributed by atoms with van der Waals surface area (Å²) in [7, 11) is -3.62. The third-order valence-corrected chi connectivity index (χ3v) is 4.06. The average molecular weight is 254 g/mol. The lowest BCUT2D eigenvalue weighted by atomic mass is 10.4. The Kier molecular flexibility index (Phi) is 2.78. The van der Waals surface area contributed by atoms with Crippen LogP contribution in [0, 0.1) is 13.8 Å². The van der Waals surface area contributed by atoms with Gasteiger partial charge in [-0.3, -0.25) is 4.68 Å². The van der Waals surface area contributed by atoms with Gasteiger partial charge in [-0.25, -0.2) is 0 Å². The number of aromatic nitrogens is 4. The van der Waals surface area contributed by atoms with E-state index < -0.39 is 10.0 Å². The summed E-state index contributed by atoms with van der Waals surface area (Å²) in [6.45, 7) is 6.00. The monoisotopic (exact) mass is 254 g/mol. The Labute approximate surface area is 99.9 Å². The van der Waals surface area contributed by atoms with Crippen molar-refractivity contribution >= 4 is 10.0 Å². The zero-order valence-corrected chi connectivity index (χ0v) is 10.8. The van der Waals surface area contributed by atoms with Crippen LogP contribution < -0.4 is 0 Å². The van der Waals surface area contributed by atoms with Gasteiger partial charge in [0.15, 0.2) is 0 Å². The van der Waals surface area contributed by atoms with E-state index in [2.05, 4.69) is 10.2 Å². The second kappa shape index (κ2) is 3.99. The minimum Gasteiger partial charge on any atom is -0.272 e. The maximum absolute atomic E-state index is 12.2. The fourth-order valence-electron chi connectivity index (χ4n) is 1.60. The maximum Gasteiger partial charge on any atom is 0.286 e. The van der Waals surface area contributed by atoms with Crippen molar-refractivity contribution in [3.05, 3.63) is 29.8 Å². The number of hydrogen-bond donors (Lipinski definition) is 0. The van der Waals surface area contributed by atoms with Gasteiger partial charge in [-0.05, 0) is 26.8 Å². The minimum atomic E-state index is -3.62. The first-order valence-electron chi connectivity index (χ1n) is 5.26. The predicted molar refractivity (Wildman–Crippen MR) is 62.2 cm³/mol. The molecular formula is C10H14N4O2S. The van der Waals surface area contributed by atoms with Crippen molar-refractivity contribution in [2.24, 2.45) is 0 Å². The lowest BCUT2D eigenvalue weighted by molar-refractivity contribution is 0.577. The van der Waals surface area contributed by atoms with Gasteiger partial charge < -0.3 is 0 Å². The third-order valence-electron chi connectivity index (χ3n) is 2.43. The largest absolute Gasteiger partial charge is 0.286 e. The Balaban J connectivity index is 2.53. The first kappa shape index (κ1) is 11.8. The molecule has 0 atom stereocenters. The predicted octanol–water partition coefficient (Wildman–Crippen LogP) is 0.953. The molecule has 0 saturated heterocycles. The summed E-state index contributed by atoms with van der Waals surface area (Å²) in [5.74, 6) is 0. The van der Waals surface area contributed by atoms with Crippen LogP contribution in [0.2, 0.25) is 0 Å². The van der Waals surface area contributed by atoms with Crippen LogP contribution in [0.15, 0.2) is 23.4 Å². The van der Waals surface area contributed by atoms with Crippen molar-refractivity contribution in [2.75, 3.05) is 0 Å². The van der Waals surface area contributed by atoms with Crippen LogP contribution >= 0.6 is 0 Å². The molecule has 0 bridgehead atoms. The highest BCUT2D eigenvalue weighted by atomic mass is 32.2. The molecule has 0 aliphatic rings. The summed E-state index contributed by atoms with van der Waals surface area (Å²) >= 11 is 0. The normalized spacial score (nSPS) is 11.9. The first-order valence-corrected chi connectivity index (χ1v) is 6.70. The minimum absolute atomic E-state index is 0.158. The van der Waals surface area contributed by atoms with E-state index in [0.29, 0.717) is 17.9 Å². The SMILES string of the molecule is CCn1cc(S(=O)(=O)n2nc(C)cc2C)cn1. The Morgan fingerprint density at radius 2 is 2.06 bits per heavy atom. The van der Waals surface area contributed by atoms with E-state index in [0.717, 1.165) is 4.09 Å². The molecule has 2 aromatic heterocycles. The Morgan fingerprint density at radius 1 is 1.35 bits per heavy atom. The second-order valence-electron chi connectivity index (χ2n) is 3.81. The molecule has 0 fully saturated rings. The molecule has 0 unspecified atom stereocenters. The standard InChI is InChI=1S/C10H14N4O2S/c1-4-13-7-10(6-11-13)17(15,16)14-9(3)5-8(2)12-14/h5-7H,4H2,1-3H3. The molecule has 0 saturated carbocycles. The molecule has 0 aliphatic carbocycles. The first-order chi connectivity index (χ1) is 7.95. The average Bonchev–Trinajstić information content (AvgIpc) is 2.85. The van der Waals surface area contributed by atoms with E-state index >= 15 is 0 Å². The van der Waals surface area contributed by atoms with Crippen LogP contribution in [0.25, 0.3) is 0 Å². The Hall–Kier alpha value is -1.63. The quantitative estimate of drug-likeness (QED) is 0.817. The third kappa shape index (κ3) is 1.97. The summed E-state index contributed by atoms with van der Waals surface area (Å²) in [4.78, 5) is 0.158. The van der Waals surface area contributed by atoms with Gasteiger partial charge in [0.2, 0.25) is 0 Å². The Bertz CT molecular complexity index is 639. The fraction of sp³-hybridized carbons (Fsp3) is 0.400. The lowest BCUT2D eigenvalue weighted by Gasteiger charge is -2.03. The van der Waals surface area contributed by atoms with Crippen LogP contribution in [0.5, 0.6) is 0 Å². The van der Waals surface area contributed by atoms with Crippen LogP contribution in [0.3, 0.4) is 0 Å². The van der Waals surface area contributed by atoms with Crippen LogP contribution in [-0.4, -0.2) is 27.4 Å². The molecule has 92 valence electrons. The molecule has 0 radical (unpaired) electrons. The molecule has 6 nitrogen and oxygen atoms in total.